The van der Waals surface area contributed by atoms with Crippen LogP contribution in [0.2, 0.25) is 0 Å². The number of nitrogens with one attached hydrogen (secondary N) is 2. The van der Waals surface area contributed by atoms with Crippen LogP contribution in [0.4, 0.5) is 5.95 Å². The van der Waals surface area contributed by atoms with E-state index in [1.165, 1.54) is 6.33 Å². The van der Waals surface area contributed by atoms with Crippen molar-refractivity contribution in [3.8, 4) is 0 Å². The Morgan fingerprint density at radius 1 is 1.20 bits per heavy atom. The number of hydrogen-bond donors (Lipinski definition) is 2. The Morgan fingerprint density at radius 2 is 2.07 bits per heavy atom. The monoisotopic (exact) mass is 204 g/mol. The van der Waals surface area contributed by atoms with E-state index in [0.717, 1.165) is 25.2 Å². The highest BCUT2D eigenvalue weighted by Crippen LogP contribution is 1.96. The third-order valence-electron chi connectivity index (χ3n) is 1.90. The number of hydrogen-bond acceptors (Lipinski definition) is 5. The Balaban J connectivity index is 1.68. The normalized spacial score (nSPS) is 10.1. The molecule has 0 bridgehead atoms. The van der Waals surface area contributed by atoms with E-state index in [1.54, 1.807) is 18.5 Å². The summed E-state index contributed by atoms with van der Waals surface area (Å²) in [5, 5.41) is 9.72. The molecule has 0 spiro atoms. The number of rotatable bonds is 5. The fraction of sp³-hybridized carbons (Fsp3) is 0.333. The first kappa shape index (κ1) is 9.57. The topological polar surface area (TPSA) is 79.4 Å². The predicted octanol–water partition coefficient (Wildman–Crippen LogP) is 0.639. The molecule has 0 saturated carbocycles. The highest BCUT2D eigenvalue weighted by Gasteiger charge is 1.96. The van der Waals surface area contributed by atoms with Crippen molar-refractivity contribution in [3.05, 3.63) is 30.6 Å². The van der Waals surface area contributed by atoms with Crippen LogP contribution in [0.3, 0.4) is 0 Å². The van der Waals surface area contributed by atoms with Crippen molar-refractivity contribution < 1.29 is 0 Å². The second-order valence-corrected chi connectivity index (χ2v) is 3.03. The Kier molecular flexibility index (Phi) is 3.22. The van der Waals surface area contributed by atoms with Crippen molar-refractivity contribution in [2.75, 3.05) is 11.9 Å². The van der Waals surface area contributed by atoms with Gasteiger partial charge in [0, 0.05) is 25.4 Å². The molecule has 0 amide bonds. The molecule has 6 heteroatoms. The van der Waals surface area contributed by atoms with Crippen molar-refractivity contribution >= 4 is 5.95 Å². The van der Waals surface area contributed by atoms with Gasteiger partial charge in [-0.1, -0.05) is 0 Å². The van der Waals surface area contributed by atoms with Crippen LogP contribution in [-0.4, -0.2) is 31.7 Å². The molecule has 6 nitrogen and oxygen atoms in total. The molecule has 2 aromatic heterocycles. The number of nitrogens with zero attached hydrogens (tertiary/aromatic N) is 4. The molecule has 2 heterocycles. The van der Waals surface area contributed by atoms with Gasteiger partial charge in [0.25, 0.3) is 0 Å². The summed E-state index contributed by atoms with van der Waals surface area (Å²) in [5.74, 6) is 1.57. The van der Waals surface area contributed by atoms with Crippen molar-refractivity contribution in [2.24, 2.45) is 0 Å². The number of H-pyrrole nitrogens is 1. The Morgan fingerprint density at radius 3 is 2.80 bits per heavy atom. The van der Waals surface area contributed by atoms with E-state index in [-0.39, 0.29) is 0 Å². The Labute approximate surface area is 87.2 Å². The SMILES string of the molecule is c1cnc(NCCCc2ncn[nH]2)nc1. The predicted molar refractivity (Wildman–Crippen MR) is 55.2 cm³/mol. The van der Waals surface area contributed by atoms with E-state index in [0.29, 0.717) is 5.95 Å². The van der Waals surface area contributed by atoms with Gasteiger partial charge in [-0.05, 0) is 12.5 Å². The molecule has 0 aliphatic heterocycles. The third kappa shape index (κ3) is 3.01. The summed E-state index contributed by atoms with van der Waals surface area (Å²) in [7, 11) is 0. The molecule has 0 aromatic carbocycles. The first-order chi connectivity index (χ1) is 7.45. The first-order valence-electron chi connectivity index (χ1n) is 4.80. The fourth-order valence-corrected chi connectivity index (χ4v) is 1.20. The standard InChI is InChI=1S/C9H12N6/c1(3-8-13-7-14-15-8)4-10-9-11-5-2-6-12-9/h2,5-7H,1,3-4H2,(H,10,11,12)(H,13,14,15). The summed E-state index contributed by atoms with van der Waals surface area (Å²) >= 11 is 0. The van der Waals surface area contributed by atoms with Crippen LogP contribution in [0.15, 0.2) is 24.8 Å². The number of aromatic amines is 1. The molecule has 0 aliphatic rings. The maximum Gasteiger partial charge on any atom is 0.222 e. The molecular weight excluding hydrogens is 192 g/mol. The Hall–Kier alpha value is -1.98. The van der Waals surface area contributed by atoms with Gasteiger partial charge in [-0.3, -0.25) is 5.10 Å². The third-order valence-corrected chi connectivity index (χ3v) is 1.90. The molecule has 2 rings (SSSR count). The van der Waals surface area contributed by atoms with E-state index in [1.807, 2.05) is 0 Å². The van der Waals surface area contributed by atoms with Crippen molar-refractivity contribution in [2.45, 2.75) is 12.8 Å². The highest BCUT2D eigenvalue weighted by molar-refractivity contribution is 5.21. The zero-order valence-electron chi connectivity index (χ0n) is 8.22. The van der Waals surface area contributed by atoms with Gasteiger partial charge in [-0.25, -0.2) is 15.0 Å². The minimum Gasteiger partial charge on any atom is -0.354 e. The number of aromatic nitrogens is 5. The summed E-state index contributed by atoms with van der Waals surface area (Å²) in [5.41, 5.74) is 0. The van der Waals surface area contributed by atoms with E-state index >= 15 is 0 Å². The first-order valence-corrected chi connectivity index (χ1v) is 4.80. The summed E-state index contributed by atoms with van der Waals surface area (Å²) in [6.07, 6.45) is 6.79. The molecule has 2 aromatic rings. The molecule has 78 valence electrons. The summed E-state index contributed by atoms with van der Waals surface area (Å²) < 4.78 is 0. The quantitative estimate of drug-likeness (QED) is 0.699. The fourth-order valence-electron chi connectivity index (χ4n) is 1.20. The van der Waals surface area contributed by atoms with Crippen LogP contribution in [0.25, 0.3) is 0 Å². The van der Waals surface area contributed by atoms with Crippen LogP contribution in [0, 0.1) is 0 Å². The minimum atomic E-state index is 0.662. The summed E-state index contributed by atoms with van der Waals surface area (Å²) in [6, 6.07) is 1.79. The maximum atomic E-state index is 4.06. The lowest BCUT2D eigenvalue weighted by Gasteiger charge is -2.02. The van der Waals surface area contributed by atoms with Crippen molar-refractivity contribution in [3.63, 3.8) is 0 Å². The highest BCUT2D eigenvalue weighted by atomic mass is 15.2. The second-order valence-electron chi connectivity index (χ2n) is 3.03. The number of anilines is 1. The lowest BCUT2D eigenvalue weighted by Crippen LogP contribution is -2.06. The molecule has 0 unspecified atom stereocenters. The van der Waals surface area contributed by atoms with Gasteiger partial charge in [0.05, 0.1) is 0 Å². The average molecular weight is 204 g/mol. The van der Waals surface area contributed by atoms with Gasteiger partial charge in [-0.15, -0.1) is 0 Å². The summed E-state index contributed by atoms with van der Waals surface area (Å²) in [4.78, 5) is 12.1. The van der Waals surface area contributed by atoms with Crippen molar-refractivity contribution in [1.29, 1.82) is 0 Å². The maximum absolute atomic E-state index is 4.06. The van der Waals surface area contributed by atoms with Gasteiger partial charge in [0.1, 0.15) is 12.2 Å². The van der Waals surface area contributed by atoms with E-state index < -0.39 is 0 Å². The van der Waals surface area contributed by atoms with Gasteiger partial charge >= 0.3 is 0 Å². The molecule has 15 heavy (non-hydrogen) atoms. The second kappa shape index (κ2) is 5.04. The lowest BCUT2D eigenvalue weighted by atomic mass is 10.3. The van der Waals surface area contributed by atoms with E-state index in [2.05, 4.69) is 30.5 Å². The largest absolute Gasteiger partial charge is 0.354 e. The molecule has 0 saturated heterocycles. The molecule has 0 aliphatic carbocycles. The lowest BCUT2D eigenvalue weighted by molar-refractivity contribution is 0.800. The van der Waals surface area contributed by atoms with Gasteiger partial charge in [0.15, 0.2) is 0 Å². The van der Waals surface area contributed by atoms with Crippen LogP contribution < -0.4 is 5.32 Å². The number of aryl methyl sites for hydroxylation is 1. The molecule has 0 fully saturated rings. The van der Waals surface area contributed by atoms with Crippen LogP contribution in [-0.2, 0) is 6.42 Å². The van der Waals surface area contributed by atoms with Crippen LogP contribution >= 0.6 is 0 Å². The van der Waals surface area contributed by atoms with Crippen LogP contribution in [0.1, 0.15) is 12.2 Å². The Bertz CT molecular complexity index is 371. The van der Waals surface area contributed by atoms with E-state index in [4.69, 9.17) is 0 Å². The van der Waals surface area contributed by atoms with E-state index in [9.17, 15) is 0 Å². The molecule has 0 radical (unpaired) electrons. The molecule has 0 atom stereocenters. The van der Waals surface area contributed by atoms with Gasteiger partial charge < -0.3 is 5.32 Å². The van der Waals surface area contributed by atoms with Crippen LogP contribution in [0.5, 0.6) is 0 Å². The summed E-state index contributed by atoms with van der Waals surface area (Å²) in [6.45, 7) is 0.824. The molecular formula is C9H12N6. The zero-order chi connectivity index (χ0) is 10.3. The smallest absolute Gasteiger partial charge is 0.222 e. The average Bonchev–Trinajstić information content (AvgIpc) is 2.79. The minimum absolute atomic E-state index is 0.662. The van der Waals surface area contributed by atoms with Crippen molar-refractivity contribution in [1.82, 2.24) is 25.1 Å². The zero-order valence-corrected chi connectivity index (χ0v) is 8.22. The molecule has 2 N–H and O–H groups in total. The van der Waals surface area contributed by atoms with Gasteiger partial charge in [-0.2, -0.15) is 5.10 Å². The van der Waals surface area contributed by atoms with Gasteiger partial charge in [0.2, 0.25) is 5.95 Å².